The van der Waals surface area contributed by atoms with E-state index in [9.17, 15) is 4.79 Å². The Labute approximate surface area is 129 Å². The van der Waals surface area contributed by atoms with Crippen molar-refractivity contribution in [2.75, 3.05) is 6.54 Å². The van der Waals surface area contributed by atoms with Crippen LogP contribution < -0.4 is 10.9 Å². The van der Waals surface area contributed by atoms with Crippen molar-refractivity contribution in [2.24, 2.45) is 0 Å². The Morgan fingerprint density at radius 3 is 2.86 bits per heavy atom. The third-order valence-electron chi connectivity index (χ3n) is 4.38. The molecule has 0 spiro atoms. The predicted molar refractivity (Wildman–Crippen MR) is 89.2 cm³/mol. The van der Waals surface area contributed by atoms with Crippen LogP contribution in [-0.4, -0.2) is 11.5 Å². The molecule has 0 atom stereocenters. The summed E-state index contributed by atoms with van der Waals surface area (Å²) in [5.74, 6) is 0. The molecule has 1 aliphatic rings. The van der Waals surface area contributed by atoms with Crippen molar-refractivity contribution in [2.45, 2.75) is 19.4 Å². The van der Waals surface area contributed by atoms with Crippen LogP contribution in [0.25, 0.3) is 10.9 Å². The van der Waals surface area contributed by atoms with Crippen molar-refractivity contribution in [3.63, 3.8) is 0 Å². The summed E-state index contributed by atoms with van der Waals surface area (Å²) in [7, 11) is 0. The largest absolute Gasteiger partial charge is 0.322 e. The number of para-hydroxylation sites is 1. The summed E-state index contributed by atoms with van der Waals surface area (Å²) in [5.41, 5.74) is 5.73. The zero-order valence-corrected chi connectivity index (χ0v) is 12.4. The van der Waals surface area contributed by atoms with Gasteiger partial charge in [0.05, 0.1) is 0 Å². The SMILES string of the molecule is O=c1[nH]c2ccccc2cc1Cc1ccc2c(c1)CCNC2. The Morgan fingerprint density at radius 2 is 1.91 bits per heavy atom. The lowest BCUT2D eigenvalue weighted by Gasteiger charge is -2.17. The van der Waals surface area contributed by atoms with E-state index in [-0.39, 0.29) is 5.56 Å². The second kappa shape index (κ2) is 5.43. The number of benzene rings is 2. The molecule has 110 valence electrons. The monoisotopic (exact) mass is 290 g/mol. The van der Waals surface area contributed by atoms with Gasteiger partial charge in [-0.3, -0.25) is 4.79 Å². The average molecular weight is 290 g/mol. The Hall–Kier alpha value is -2.39. The van der Waals surface area contributed by atoms with Gasteiger partial charge in [-0.1, -0.05) is 36.4 Å². The summed E-state index contributed by atoms with van der Waals surface area (Å²) < 4.78 is 0. The third-order valence-corrected chi connectivity index (χ3v) is 4.38. The van der Waals surface area contributed by atoms with Crippen LogP contribution in [0.4, 0.5) is 0 Å². The van der Waals surface area contributed by atoms with E-state index in [1.807, 2.05) is 30.3 Å². The molecule has 2 heterocycles. The van der Waals surface area contributed by atoms with Gasteiger partial charge in [-0.2, -0.15) is 0 Å². The number of hydrogen-bond acceptors (Lipinski definition) is 2. The molecule has 3 heteroatoms. The van der Waals surface area contributed by atoms with E-state index < -0.39 is 0 Å². The number of pyridine rings is 1. The molecule has 0 unspecified atom stereocenters. The maximum absolute atomic E-state index is 12.3. The van der Waals surface area contributed by atoms with Crippen LogP contribution in [0.2, 0.25) is 0 Å². The van der Waals surface area contributed by atoms with Crippen LogP contribution in [0.1, 0.15) is 22.3 Å². The molecule has 0 fully saturated rings. The highest BCUT2D eigenvalue weighted by Crippen LogP contribution is 2.18. The fourth-order valence-corrected chi connectivity index (χ4v) is 3.18. The molecule has 2 N–H and O–H groups in total. The van der Waals surface area contributed by atoms with E-state index in [2.05, 4.69) is 28.5 Å². The number of nitrogens with one attached hydrogen (secondary N) is 2. The Kier molecular flexibility index (Phi) is 3.28. The fraction of sp³-hybridized carbons (Fsp3) is 0.211. The van der Waals surface area contributed by atoms with Crippen LogP contribution >= 0.6 is 0 Å². The average Bonchev–Trinajstić information content (AvgIpc) is 2.55. The van der Waals surface area contributed by atoms with Crippen LogP contribution in [0.3, 0.4) is 0 Å². The highest BCUT2D eigenvalue weighted by molar-refractivity contribution is 5.78. The van der Waals surface area contributed by atoms with E-state index in [1.54, 1.807) is 0 Å². The van der Waals surface area contributed by atoms with Crippen molar-refractivity contribution < 1.29 is 0 Å². The van der Waals surface area contributed by atoms with E-state index >= 15 is 0 Å². The number of aromatic amines is 1. The minimum absolute atomic E-state index is 0.0121. The molecule has 3 aromatic rings. The molecule has 0 saturated carbocycles. The van der Waals surface area contributed by atoms with Crippen molar-refractivity contribution >= 4 is 10.9 Å². The summed E-state index contributed by atoms with van der Waals surface area (Å²) in [6, 6.07) is 16.5. The van der Waals surface area contributed by atoms with Gasteiger partial charge in [0, 0.05) is 24.0 Å². The summed E-state index contributed by atoms with van der Waals surface area (Å²) in [6.45, 7) is 1.99. The van der Waals surface area contributed by atoms with Gasteiger partial charge in [-0.05, 0) is 47.2 Å². The summed E-state index contributed by atoms with van der Waals surface area (Å²) >= 11 is 0. The van der Waals surface area contributed by atoms with E-state index in [0.29, 0.717) is 6.42 Å². The smallest absolute Gasteiger partial charge is 0.251 e. The quantitative estimate of drug-likeness (QED) is 0.762. The zero-order chi connectivity index (χ0) is 14.9. The summed E-state index contributed by atoms with van der Waals surface area (Å²) in [4.78, 5) is 15.2. The molecule has 0 aliphatic carbocycles. The van der Waals surface area contributed by atoms with Gasteiger partial charge in [0.2, 0.25) is 0 Å². The number of hydrogen-bond donors (Lipinski definition) is 2. The molecule has 0 bridgehead atoms. The Bertz CT molecular complexity index is 895. The number of rotatable bonds is 2. The standard InChI is InChI=1S/C19H18N2O/c22-19-17(11-15-3-1-2-4-18(15)21-19)10-13-5-6-16-12-20-8-7-14(16)9-13/h1-6,9,11,20H,7-8,10,12H2,(H,21,22). The second-order valence-electron chi connectivity index (χ2n) is 5.92. The fourth-order valence-electron chi connectivity index (χ4n) is 3.18. The topological polar surface area (TPSA) is 44.9 Å². The molecule has 1 aliphatic heterocycles. The lowest BCUT2D eigenvalue weighted by atomic mass is 9.95. The summed E-state index contributed by atoms with van der Waals surface area (Å²) in [5, 5.41) is 4.47. The highest BCUT2D eigenvalue weighted by Gasteiger charge is 2.10. The van der Waals surface area contributed by atoms with Crippen molar-refractivity contribution in [3.05, 3.63) is 81.1 Å². The molecule has 0 saturated heterocycles. The van der Waals surface area contributed by atoms with Gasteiger partial charge in [0.25, 0.3) is 5.56 Å². The lowest BCUT2D eigenvalue weighted by molar-refractivity contribution is 0.643. The van der Waals surface area contributed by atoms with Crippen molar-refractivity contribution in [3.8, 4) is 0 Å². The first-order valence-electron chi connectivity index (χ1n) is 7.72. The zero-order valence-electron chi connectivity index (χ0n) is 12.4. The second-order valence-corrected chi connectivity index (χ2v) is 5.92. The van der Waals surface area contributed by atoms with Gasteiger partial charge in [-0.25, -0.2) is 0 Å². The number of H-pyrrole nitrogens is 1. The predicted octanol–water partition coefficient (Wildman–Crippen LogP) is 2.76. The summed E-state index contributed by atoms with van der Waals surface area (Å²) in [6.07, 6.45) is 1.75. The Balaban J connectivity index is 1.71. The van der Waals surface area contributed by atoms with Gasteiger partial charge < -0.3 is 10.3 Å². The number of aromatic nitrogens is 1. The molecular weight excluding hydrogens is 272 g/mol. The highest BCUT2D eigenvalue weighted by atomic mass is 16.1. The third kappa shape index (κ3) is 2.44. The molecule has 3 nitrogen and oxygen atoms in total. The van der Waals surface area contributed by atoms with Gasteiger partial charge in [0.1, 0.15) is 0 Å². The van der Waals surface area contributed by atoms with Crippen LogP contribution in [0, 0.1) is 0 Å². The molecule has 4 rings (SSSR count). The maximum atomic E-state index is 12.3. The molecule has 1 aromatic heterocycles. The van der Waals surface area contributed by atoms with Crippen LogP contribution in [0.15, 0.2) is 53.3 Å². The molecular formula is C19H18N2O. The molecule has 0 radical (unpaired) electrons. The molecule has 0 amide bonds. The van der Waals surface area contributed by atoms with E-state index in [4.69, 9.17) is 0 Å². The van der Waals surface area contributed by atoms with Gasteiger partial charge in [-0.15, -0.1) is 0 Å². The maximum Gasteiger partial charge on any atom is 0.251 e. The molecule has 2 aromatic carbocycles. The lowest BCUT2D eigenvalue weighted by Crippen LogP contribution is -2.23. The normalized spacial score (nSPS) is 14.0. The minimum atomic E-state index is 0.0121. The van der Waals surface area contributed by atoms with Crippen molar-refractivity contribution in [1.29, 1.82) is 0 Å². The van der Waals surface area contributed by atoms with E-state index in [1.165, 1.54) is 16.7 Å². The van der Waals surface area contributed by atoms with Crippen LogP contribution in [0.5, 0.6) is 0 Å². The first-order chi connectivity index (χ1) is 10.8. The van der Waals surface area contributed by atoms with E-state index in [0.717, 1.165) is 36.0 Å². The first-order valence-corrected chi connectivity index (χ1v) is 7.72. The van der Waals surface area contributed by atoms with Gasteiger partial charge in [0.15, 0.2) is 0 Å². The number of fused-ring (bicyclic) bond motifs is 2. The van der Waals surface area contributed by atoms with Crippen molar-refractivity contribution in [1.82, 2.24) is 10.3 Å². The Morgan fingerprint density at radius 1 is 1.00 bits per heavy atom. The first kappa shape index (κ1) is 13.3. The molecule has 22 heavy (non-hydrogen) atoms. The van der Waals surface area contributed by atoms with Gasteiger partial charge >= 0.3 is 0 Å². The van der Waals surface area contributed by atoms with Crippen LogP contribution in [-0.2, 0) is 19.4 Å². The minimum Gasteiger partial charge on any atom is -0.322 e.